The van der Waals surface area contributed by atoms with Crippen LogP contribution in [0.1, 0.15) is 25.0 Å². The van der Waals surface area contributed by atoms with Gasteiger partial charge < -0.3 is 5.73 Å². The number of carbonyl (C=O) groups excluding carboxylic acids is 1. The summed E-state index contributed by atoms with van der Waals surface area (Å²) in [5.74, 6) is -0.361. The Kier molecular flexibility index (Phi) is 2.95. The van der Waals surface area contributed by atoms with E-state index in [4.69, 9.17) is 5.73 Å². The van der Waals surface area contributed by atoms with Crippen LogP contribution in [0.4, 0.5) is 0 Å². The minimum absolute atomic E-state index is 0.0818. The van der Waals surface area contributed by atoms with Gasteiger partial charge in [0.1, 0.15) is 0 Å². The fourth-order valence-corrected chi connectivity index (χ4v) is 3.45. The standard InChI is InChI=1S/C12H16N2O3S/c1-12(2)11(15)14(18(12,16)17)8-10-5-3-4-9(6-10)7-13/h3-6H,7-8,13H2,1-2H3. The summed E-state index contributed by atoms with van der Waals surface area (Å²) in [6.07, 6.45) is 0. The summed E-state index contributed by atoms with van der Waals surface area (Å²) in [5.41, 5.74) is 7.20. The summed E-state index contributed by atoms with van der Waals surface area (Å²) < 4.78 is 23.5. The average molecular weight is 268 g/mol. The Balaban J connectivity index is 2.24. The molecule has 0 radical (unpaired) electrons. The maximum Gasteiger partial charge on any atom is 0.259 e. The van der Waals surface area contributed by atoms with E-state index in [1.54, 1.807) is 12.1 Å². The smallest absolute Gasteiger partial charge is 0.259 e. The number of rotatable bonds is 3. The predicted octanol–water partition coefficient (Wildman–Crippen LogP) is 0.596. The molecule has 0 unspecified atom stereocenters. The predicted molar refractivity (Wildman–Crippen MR) is 67.9 cm³/mol. The van der Waals surface area contributed by atoms with Crippen molar-refractivity contribution < 1.29 is 13.2 Å². The van der Waals surface area contributed by atoms with E-state index in [-0.39, 0.29) is 12.5 Å². The lowest BCUT2D eigenvalue weighted by Crippen LogP contribution is -2.66. The van der Waals surface area contributed by atoms with Crippen LogP contribution in [0.25, 0.3) is 0 Å². The molecule has 1 aromatic rings. The molecule has 1 fully saturated rings. The van der Waals surface area contributed by atoms with Gasteiger partial charge in [-0.25, -0.2) is 12.7 Å². The summed E-state index contributed by atoms with van der Waals surface area (Å²) in [5, 5.41) is 0. The lowest BCUT2D eigenvalue weighted by molar-refractivity contribution is -0.132. The van der Waals surface area contributed by atoms with Crippen molar-refractivity contribution in [1.29, 1.82) is 0 Å². The van der Waals surface area contributed by atoms with Gasteiger partial charge in [0.2, 0.25) is 0 Å². The zero-order valence-corrected chi connectivity index (χ0v) is 11.2. The Morgan fingerprint density at radius 2 is 1.89 bits per heavy atom. The van der Waals surface area contributed by atoms with Gasteiger partial charge in [-0.05, 0) is 25.0 Å². The molecule has 0 aliphatic carbocycles. The molecule has 0 saturated carbocycles. The number of hydrogen-bond acceptors (Lipinski definition) is 4. The van der Waals surface area contributed by atoms with Crippen molar-refractivity contribution in [3.63, 3.8) is 0 Å². The number of hydrogen-bond donors (Lipinski definition) is 1. The number of benzene rings is 1. The molecule has 1 aliphatic rings. The molecule has 1 aliphatic heterocycles. The normalized spacial score (nSPS) is 20.6. The average Bonchev–Trinajstić information content (AvgIpc) is 2.35. The van der Waals surface area contributed by atoms with Crippen molar-refractivity contribution in [1.82, 2.24) is 4.31 Å². The highest BCUT2D eigenvalue weighted by Gasteiger charge is 2.59. The topological polar surface area (TPSA) is 80.5 Å². The van der Waals surface area contributed by atoms with Gasteiger partial charge in [0.25, 0.3) is 15.9 Å². The van der Waals surface area contributed by atoms with Crippen molar-refractivity contribution in [2.45, 2.75) is 31.7 Å². The quantitative estimate of drug-likeness (QED) is 0.870. The molecule has 6 heteroatoms. The lowest BCUT2D eigenvalue weighted by atomic mass is 10.1. The van der Waals surface area contributed by atoms with Gasteiger partial charge in [0.05, 0.1) is 6.54 Å². The highest BCUT2D eigenvalue weighted by Crippen LogP contribution is 2.35. The third kappa shape index (κ3) is 1.72. The third-order valence-electron chi connectivity index (χ3n) is 3.23. The van der Waals surface area contributed by atoms with Crippen molar-refractivity contribution >= 4 is 15.9 Å². The van der Waals surface area contributed by atoms with Gasteiger partial charge in [0.15, 0.2) is 4.75 Å². The van der Waals surface area contributed by atoms with E-state index in [9.17, 15) is 13.2 Å². The van der Waals surface area contributed by atoms with Crippen LogP contribution in [-0.4, -0.2) is 23.4 Å². The van der Waals surface area contributed by atoms with Crippen LogP contribution in [0.3, 0.4) is 0 Å². The SMILES string of the molecule is CC1(C)C(=O)N(Cc2cccc(CN)c2)S1(=O)=O. The lowest BCUT2D eigenvalue weighted by Gasteiger charge is -2.43. The Morgan fingerprint density at radius 1 is 1.28 bits per heavy atom. The summed E-state index contributed by atoms with van der Waals surface area (Å²) in [7, 11) is -3.51. The molecule has 1 heterocycles. The van der Waals surface area contributed by atoms with Crippen LogP contribution in [0.15, 0.2) is 24.3 Å². The first-order valence-corrected chi connectivity index (χ1v) is 7.09. The monoisotopic (exact) mass is 268 g/mol. The van der Waals surface area contributed by atoms with Gasteiger partial charge in [0, 0.05) is 6.54 Å². The summed E-state index contributed by atoms with van der Waals surface area (Å²) in [6.45, 7) is 3.33. The van der Waals surface area contributed by atoms with Crippen molar-refractivity contribution in [2.24, 2.45) is 5.73 Å². The van der Waals surface area contributed by atoms with Crippen LogP contribution >= 0.6 is 0 Å². The maximum atomic E-state index is 11.9. The molecule has 5 nitrogen and oxygen atoms in total. The Morgan fingerprint density at radius 3 is 2.44 bits per heavy atom. The van der Waals surface area contributed by atoms with E-state index >= 15 is 0 Å². The minimum Gasteiger partial charge on any atom is -0.326 e. The zero-order chi connectivity index (χ0) is 13.6. The number of carbonyl (C=O) groups is 1. The van der Waals surface area contributed by atoms with Gasteiger partial charge in [-0.2, -0.15) is 0 Å². The highest BCUT2D eigenvalue weighted by atomic mass is 32.2. The number of nitrogens with zero attached hydrogens (tertiary/aromatic N) is 1. The van der Waals surface area contributed by atoms with Gasteiger partial charge in [-0.15, -0.1) is 0 Å². The summed E-state index contributed by atoms with van der Waals surface area (Å²) >= 11 is 0. The third-order valence-corrected chi connectivity index (χ3v) is 5.57. The molecule has 0 spiro atoms. The first-order valence-electron chi connectivity index (χ1n) is 5.65. The zero-order valence-electron chi connectivity index (χ0n) is 10.4. The molecule has 2 rings (SSSR count). The fourth-order valence-electron chi connectivity index (χ4n) is 1.93. The first-order chi connectivity index (χ1) is 8.30. The van der Waals surface area contributed by atoms with Gasteiger partial charge in [-0.3, -0.25) is 4.79 Å². The molecule has 18 heavy (non-hydrogen) atoms. The van der Waals surface area contributed by atoms with Gasteiger partial charge >= 0.3 is 0 Å². The molecule has 98 valence electrons. The largest absolute Gasteiger partial charge is 0.326 e. The van der Waals surface area contributed by atoms with E-state index in [1.807, 2.05) is 12.1 Å². The van der Waals surface area contributed by atoms with Crippen molar-refractivity contribution in [2.75, 3.05) is 0 Å². The second-order valence-corrected chi connectivity index (χ2v) is 7.26. The Labute approximate surface area is 107 Å². The van der Waals surface area contributed by atoms with Crippen LogP contribution in [-0.2, 0) is 27.9 Å². The number of sulfonamides is 1. The van der Waals surface area contributed by atoms with E-state index < -0.39 is 14.8 Å². The first kappa shape index (κ1) is 13.0. The Bertz CT molecular complexity index is 593. The molecule has 0 bridgehead atoms. The molecule has 2 N–H and O–H groups in total. The van der Waals surface area contributed by atoms with Crippen molar-refractivity contribution in [3.8, 4) is 0 Å². The van der Waals surface area contributed by atoms with Crippen LogP contribution < -0.4 is 5.73 Å². The maximum absolute atomic E-state index is 11.9. The molecular formula is C12H16N2O3S. The number of nitrogens with two attached hydrogens (primary N) is 1. The molecule has 1 aromatic carbocycles. The van der Waals surface area contributed by atoms with E-state index in [0.717, 1.165) is 15.4 Å². The van der Waals surface area contributed by atoms with E-state index in [1.165, 1.54) is 13.8 Å². The highest BCUT2D eigenvalue weighted by molar-refractivity contribution is 7.94. The molecule has 1 saturated heterocycles. The molecule has 1 amide bonds. The molecule has 0 atom stereocenters. The van der Waals surface area contributed by atoms with Crippen molar-refractivity contribution in [3.05, 3.63) is 35.4 Å². The van der Waals surface area contributed by atoms with E-state index in [0.29, 0.717) is 6.54 Å². The Hall–Kier alpha value is -1.40. The van der Waals surface area contributed by atoms with Gasteiger partial charge in [-0.1, -0.05) is 24.3 Å². The van der Waals surface area contributed by atoms with Crippen LogP contribution in [0.2, 0.25) is 0 Å². The molecular weight excluding hydrogens is 252 g/mol. The fraction of sp³-hybridized carbons (Fsp3) is 0.417. The second kappa shape index (κ2) is 4.07. The molecule has 0 aromatic heterocycles. The van der Waals surface area contributed by atoms with Crippen LogP contribution in [0.5, 0.6) is 0 Å². The minimum atomic E-state index is -3.51. The second-order valence-electron chi connectivity index (χ2n) is 4.85. The number of amides is 1. The summed E-state index contributed by atoms with van der Waals surface area (Å²) in [6, 6.07) is 7.26. The summed E-state index contributed by atoms with van der Waals surface area (Å²) in [4.78, 5) is 11.8. The van der Waals surface area contributed by atoms with Crippen LogP contribution in [0, 0.1) is 0 Å². The van der Waals surface area contributed by atoms with E-state index in [2.05, 4.69) is 0 Å².